The maximum atomic E-state index is 8.65. The predicted octanol–water partition coefficient (Wildman–Crippen LogP) is 1.68. The van der Waals surface area contributed by atoms with Gasteiger partial charge in [0.1, 0.15) is 0 Å². The van der Waals surface area contributed by atoms with Crippen LogP contribution < -0.4 is 5.32 Å². The first-order valence-electron chi connectivity index (χ1n) is 5.20. The van der Waals surface area contributed by atoms with E-state index in [0.29, 0.717) is 12.6 Å². The number of hydrogen-bond donors (Lipinski definition) is 2. The molecule has 1 aliphatic rings. The molecule has 1 aliphatic carbocycles. The molecule has 0 aromatic rings. The van der Waals surface area contributed by atoms with Gasteiger partial charge in [0.15, 0.2) is 0 Å². The average molecular weight is 171 g/mol. The topological polar surface area (TPSA) is 32.3 Å². The van der Waals surface area contributed by atoms with Crippen molar-refractivity contribution in [2.75, 3.05) is 6.61 Å². The second-order valence-electron chi connectivity index (χ2n) is 3.91. The van der Waals surface area contributed by atoms with Crippen LogP contribution in [0.4, 0.5) is 0 Å². The molecule has 0 aromatic carbocycles. The molecule has 0 amide bonds. The lowest BCUT2D eigenvalue weighted by Crippen LogP contribution is -2.34. The lowest BCUT2D eigenvalue weighted by molar-refractivity contribution is 0.273. The monoisotopic (exact) mass is 171 g/mol. The van der Waals surface area contributed by atoms with Crippen molar-refractivity contribution in [1.82, 2.24) is 5.32 Å². The maximum Gasteiger partial charge on any atom is 0.0431 e. The molecule has 2 nitrogen and oxygen atoms in total. The summed E-state index contributed by atoms with van der Waals surface area (Å²) in [5.74, 6) is 0. The first kappa shape index (κ1) is 10.0. The van der Waals surface area contributed by atoms with Crippen molar-refractivity contribution in [3.05, 3.63) is 0 Å². The van der Waals surface area contributed by atoms with Crippen LogP contribution in [0.2, 0.25) is 0 Å². The molecule has 1 rings (SSSR count). The van der Waals surface area contributed by atoms with Gasteiger partial charge >= 0.3 is 0 Å². The van der Waals surface area contributed by atoms with Crippen LogP contribution in [0.3, 0.4) is 0 Å². The zero-order valence-corrected chi connectivity index (χ0v) is 8.05. The van der Waals surface area contributed by atoms with Crippen LogP contribution in [0.1, 0.15) is 45.4 Å². The Morgan fingerprint density at radius 2 is 2.08 bits per heavy atom. The van der Waals surface area contributed by atoms with Gasteiger partial charge in [0, 0.05) is 18.7 Å². The lowest BCUT2D eigenvalue weighted by atomic mass is 10.1. The Balaban J connectivity index is 2.03. The molecule has 1 atom stereocenters. The van der Waals surface area contributed by atoms with E-state index in [1.807, 2.05) is 0 Å². The van der Waals surface area contributed by atoms with E-state index < -0.39 is 0 Å². The largest absolute Gasteiger partial charge is 0.396 e. The molecule has 1 saturated carbocycles. The minimum atomic E-state index is 0.330. The highest BCUT2D eigenvalue weighted by Crippen LogP contribution is 2.18. The van der Waals surface area contributed by atoms with Crippen molar-refractivity contribution < 1.29 is 5.11 Å². The van der Waals surface area contributed by atoms with Gasteiger partial charge < -0.3 is 10.4 Å². The number of hydrogen-bond acceptors (Lipinski definition) is 2. The number of nitrogens with one attached hydrogen (secondary N) is 1. The van der Waals surface area contributed by atoms with E-state index in [4.69, 9.17) is 5.11 Å². The number of aliphatic hydroxyl groups excluding tert-OH is 1. The molecule has 2 heteroatoms. The first-order chi connectivity index (χ1) is 5.83. The Morgan fingerprint density at radius 3 is 2.67 bits per heavy atom. The SMILES string of the molecule is C[C@@H](CCCO)NC1CCCC1. The molecule has 0 heterocycles. The van der Waals surface area contributed by atoms with E-state index in [2.05, 4.69) is 12.2 Å². The molecule has 0 bridgehead atoms. The van der Waals surface area contributed by atoms with Crippen LogP contribution in [0.5, 0.6) is 0 Å². The third-order valence-electron chi connectivity index (χ3n) is 2.67. The quantitative estimate of drug-likeness (QED) is 0.659. The maximum absolute atomic E-state index is 8.65. The smallest absolute Gasteiger partial charge is 0.0431 e. The molecule has 0 unspecified atom stereocenters. The van der Waals surface area contributed by atoms with Gasteiger partial charge in [0.25, 0.3) is 0 Å². The van der Waals surface area contributed by atoms with Gasteiger partial charge in [-0.3, -0.25) is 0 Å². The molecule has 0 spiro atoms. The molecule has 12 heavy (non-hydrogen) atoms. The molecule has 0 aromatic heterocycles. The number of rotatable bonds is 5. The van der Waals surface area contributed by atoms with Crippen molar-refractivity contribution in [1.29, 1.82) is 0 Å². The average Bonchev–Trinajstić information content (AvgIpc) is 2.53. The summed E-state index contributed by atoms with van der Waals surface area (Å²) in [4.78, 5) is 0. The highest BCUT2D eigenvalue weighted by Gasteiger charge is 2.16. The molecule has 72 valence electrons. The van der Waals surface area contributed by atoms with E-state index in [1.165, 1.54) is 25.7 Å². The minimum absolute atomic E-state index is 0.330. The Hall–Kier alpha value is -0.0800. The van der Waals surface area contributed by atoms with Gasteiger partial charge in [0.05, 0.1) is 0 Å². The van der Waals surface area contributed by atoms with Crippen LogP contribution in [0.25, 0.3) is 0 Å². The summed E-state index contributed by atoms with van der Waals surface area (Å²) < 4.78 is 0. The van der Waals surface area contributed by atoms with Gasteiger partial charge in [-0.05, 0) is 32.6 Å². The first-order valence-corrected chi connectivity index (χ1v) is 5.20. The molecule has 0 radical (unpaired) electrons. The highest BCUT2D eigenvalue weighted by molar-refractivity contribution is 4.76. The van der Waals surface area contributed by atoms with Gasteiger partial charge in [0.2, 0.25) is 0 Å². The Kier molecular flexibility index (Phi) is 4.62. The normalized spacial score (nSPS) is 21.5. The summed E-state index contributed by atoms with van der Waals surface area (Å²) >= 11 is 0. The zero-order valence-electron chi connectivity index (χ0n) is 8.05. The lowest BCUT2D eigenvalue weighted by Gasteiger charge is -2.18. The summed E-state index contributed by atoms with van der Waals surface area (Å²) in [7, 11) is 0. The fourth-order valence-corrected chi connectivity index (χ4v) is 1.98. The summed E-state index contributed by atoms with van der Waals surface area (Å²) in [6.07, 6.45) is 7.52. The Bertz CT molecular complexity index is 110. The molecule has 0 aliphatic heterocycles. The molecular weight excluding hydrogens is 150 g/mol. The number of aliphatic hydroxyl groups is 1. The van der Waals surface area contributed by atoms with Crippen molar-refractivity contribution >= 4 is 0 Å². The second kappa shape index (κ2) is 5.55. The van der Waals surface area contributed by atoms with Gasteiger partial charge in [-0.1, -0.05) is 12.8 Å². The van der Waals surface area contributed by atoms with E-state index in [9.17, 15) is 0 Å². The predicted molar refractivity (Wildman–Crippen MR) is 51.2 cm³/mol. The summed E-state index contributed by atoms with van der Waals surface area (Å²) in [5, 5.41) is 12.3. The third-order valence-corrected chi connectivity index (χ3v) is 2.67. The minimum Gasteiger partial charge on any atom is -0.396 e. The molecule has 2 N–H and O–H groups in total. The van der Waals surface area contributed by atoms with E-state index >= 15 is 0 Å². The second-order valence-corrected chi connectivity index (χ2v) is 3.91. The summed E-state index contributed by atoms with van der Waals surface area (Å²) in [5.41, 5.74) is 0. The van der Waals surface area contributed by atoms with Crippen LogP contribution in [0.15, 0.2) is 0 Å². The van der Waals surface area contributed by atoms with Crippen molar-refractivity contribution in [3.8, 4) is 0 Å². The third kappa shape index (κ3) is 3.55. The van der Waals surface area contributed by atoms with Crippen LogP contribution >= 0.6 is 0 Å². The fourth-order valence-electron chi connectivity index (χ4n) is 1.98. The van der Waals surface area contributed by atoms with E-state index in [-0.39, 0.29) is 0 Å². The fraction of sp³-hybridized carbons (Fsp3) is 1.00. The van der Waals surface area contributed by atoms with Crippen LogP contribution in [0, 0.1) is 0 Å². The molecular formula is C10H21NO. The Labute approximate surface area is 75.4 Å². The van der Waals surface area contributed by atoms with Gasteiger partial charge in [-0.25, -0.2) is 0 Å². The van der Waals surface area contributed by atoms with E-state index in [0.717, 1.165) is 18.9 Å². The highest BCUT2D eigenvalue weighted by atomic mass is 16.2. The van der Waals surface area contributed by atoms with Gasteiger partial charge in [-0.15, -0.1) is 0 Å². The van der Waals surface area contributed by atoms with Crippen LogP contribution in [-0.2, 0) is 0 Å². The molecule has 0 saturated heterocycles. The zero-order chi connectivity index (χ0) is 8.81. The van der Waals surface area contributed by atoms with Crippen molar-refractivity contribution in [2.24, 2.45) is 0 Å². The molecule has 1 fully saturated rings. The van der Waals surface area contributed by atoms with Crippen molar-refractivity contribution in [3.63, 3.8) is 0 Å². The van der Waals surface area contributed by atoms with Crippen molar-refractivity contribution in [2.45, 2.75) is 57.5 Å². The van der Waals surface area contributed by atoms with Crippen LogP contribution in [-0.4, -0.2) is 23.8 Å². The summed E-state index contributed by atoms with van der Waals surface area (Å²) in [6, 6.07) is 1.35. The van der Waals surface area contributed by atoms with E-state index in [1.54, 1.807) is 0 Å². The Morgan fingerprint density at radius 1 is 1.42 bits per heavy atom. The van der Waals surface area contributed by atoms with Gasteiger partial charge in [-0.2, -0.15) is 0 Å². The standard InChI is InChI=1S/C10H21NO/c1-9(5-4-8-12)11-10-6-2-3-7-10/h9-12H,2-8H2,1H3/t9-/m0/s1. The summed E-state index contributed by atoms with van der Waals surface area (Å²) in [6.45, 7) is 2.55.